The zero-order valence-corrected chi connectivity index (χ0v) is 10.6. The van der Waals surface area contributed by atoms with Crippen molar-refractivity contribution in [2.75, 3.05) is 26.8 Å². The number of hydrogen-bond acceptors (Lipinski definition) is 4. The van der Waals surface area contributed by atoms with Gasteiger partial charge in [-0.05, 0) is 19.3 Å². The van der Waals surface area contributed by atoms with Gasteiger partial charge >= 0.3 is 5.97 Å². The molecule has 4 nitrogen and oxygen atoms in total. The molecule has 1 aliphatic rings. The first-order valence-electron chi connectivity index (χ1n) is 5.28. The van der Waals surface area contributed by atoms with E-state index < -0.39 is 0 Å². The third-order valence-electron chi connectivity index (χ3n) is 2.43. The Kier molecular flexibility index (Phi) is 6.20. The largest absolute Gasteiger partial charge is 0.468 e. The molecule has 0 radical (unpaired) electrons. The van der Waals surface area contributed by atoms with Crippen LogP contribution in [0.2, 0.25) is 0 Å². The Morgan fingerprint density at radius 1 is 1.67 bits per heavy atom. The van der Waals surface area contributed by atoms with Gasteiger partial charge in [0.1, 0.15) is 4.83 Å². The molecule has 0 spiro atoms. The van der Waals surface area contributed by atoms with Crippen molar-refractivity contribution in [1.29, 1.82) is 0 Å². The van der Waals surface area contributed by atoms with Gasteiger partial charge in [0.05, 0.1) is 13.2 Å². The van der Waals surface area contributed by atoms with Gasteiger partial charge in [0.25, 0.3) is 0 Å². The monoisotopic (exact) mass is 279 g/mol. The molecule has 88 valence electrons. The number of nitrogens with one attached hydrogen (secondary N) is 1. The summed E-state index contributed by atoms with van der Waals surface area (Å²) in [5.74, 6) is -0.243. The molecule has 1 aliphatic heterocycles. The fraction of sp³-hybridized carbons (Fsp3) is 0.900. The van der Waals surface area contributed by atoms with Crippen LogP contribution < -0.4 is 5.32 Å². The SMILES string of the molecule is COC(=O)C(Br)CNCC1CCCCO1. The maximum atomic E-state index is 11.1. The minimum absolute atomic E-state index is 0.243. The Morgan fingerprint density at radius 3 is 3.07 bits per heavy atom. The number of rotatable bonds is 5. The molecule has 1 N–H and O–H groups in total. The number of halogens is 1. The number of carbonyl (C=O) groups excluding carboxylic acids is 1. The molecule has 2 atom stereocenters. The zero-order valence-electron chi connectivity index (χ0n) is 9.00. The highest BCUT2D eigenvalue weighted by Gasteiger charge is 2.17. The van der Waals surface area contributed by atoms with Crippen molar-refractivity contribution in [3.05, 3.63) is 0 Å². The van der Waals surface area contributed by atoms with E-state index in [0.29, 0.717) is 12.6 Å². The summed E-state index contributed by atoms with van der Waals surface area (Å²) in [4.78, 5) is 10.8. The summed E-state index contributed by atoms with van der Waals surface area (Å²) >= 11 is 3.25. The zero-order chi connectivity index (χ0) is 11.1. The highest BCUT2D eigenvalue weighted by atomic mass is 79.9. The molecule has 2 unspecified atom stereocenters. The van der Waals surface area contributed by atoms with Crippen LogP contribution in [0.5, 0.6) is 0 Å². The van der Waals surface area contributed by atoms with E-state index in [0.717, 1.165) is 19.6 Å². The Balaban J connectivity index is 2.07. The van der Waals surface area contributed by atoms with Crippen LogP contribution in [0.4, 0.5) is 0 Å². The topological polar surface area (TPSA) is 47.6 Å². The molecular formula is C10H18BrNO3. The van der Waals surface area contributed by atoms with Crippen LogP contribution >= 0.6 is 15.9 Å². The van der Waals surface area contributed by atoms with Crippen LogP contribution in [0.15, 0.2) is 0 Å². The predicted molar refractivity (Wildman–Crippen MR) is 61.2 cm³/mol. The van der Waals surface area contributed by atoms with Gasteiger partial charge in [0, 0.05) is 19.7 Å². The number of hydrogen-bond donors (Lipinski definition) is 1. The third-order valence-corrected chi connectivity index (χ3v) is 3.12. The highest BCUT2D eigenvalue weighted by molar-refractivity contribution is 9.10. The normalized spacial score (nSPS) is 23.5. The second-order valence-electron chi connectivity index (χ2n) is 3.64. The molecule has 1 rings (SSSR count). The van der Waals surface area contributed by atoms with E-state index in [-0.39, 0.29) is 10.8 Å². The lowest BCUT2D eigenvalue weighted by atomic mass is 10.1. The second kappa shape index (κ2) is 7.19. The van der Waals surface area contributed by atoms with Gasteiger partial charge in [0.2, 0.25) is 0 Å². The maximum absolute atomic E-state index is 11.1. The van der Waals surface area contributed by atoms with Gasteiger partial charge in [-0.15, -0.1) is 0 Å². The molecule has 1 fully saturated rings. The summed E-state index contributed by atoms with van der Waals surface area (Å²) in [7, 11) is 1.39. The Bertz CT molecular complexity index is 195. The number of methoxy groups -OCH3 is 1. The van der Waals surface area contributed by atoms with Crippen molar-refractivity contribution >= 4 is 21.9 Å². The Hall–Kier alpha value is -0.130. The van der Waals surface area contributed by atoms with Crippen molar-refractivity contribution < 1.29 is 14.3 Å². The van der Waals surface area contributed by atoms with Gasteiger partial charge in [-0.3, -0.25) is 4.79 Å². The standard InChI is InChI=1S/C10H18BrNO3/c1-14-10(13)9(11)7-12-6-8-4-2-3-5-15-8/h8-9,12H,2-7H2,1H3. The molecule has 0 saturated carbocycles. The second-order valence-corrected chi connectivity index (χ2v) is 4.74. The van der Waals surface area contributed by atoms with E-state index >= 15 is 0 Å². The smallest absolute Gasteiger partial charge is 0.320 e. The van der Waals surface area contributed by atoms with E-state index in [9.17, 15) is 4.79 Å². The first-order chi connectivity index (χ1) is 7.24. The summed E-state index contributed by atoms with van der Waals surface area (Å²) in [5, 5.41) is 3.20. The molecule has 15 heavy (non-hydrogen) atoms. The minimum Gasteiger partial charge on any atom is -0.468 e. The molecule has 0 aromatic rings. The van der Waals surface area contributed by atoms with E-state index in [1.54, 1.807) is 0 Å². The highest BCUT2D eigenvalue weighted by Crippen LogP contribution is 2.11. The number of carbonyl (C=O) groups is 1. The number of esters is 1. The van der Waals surface area contributed by atoms with E-state index in [1.165, 1.54) is 20.0 Å². The molecular weight excluding hydrogens is 262 g/mol. The molecule has 5 heteroatoms. The summed E-state index contributed by atoms with van der Waals surface area (Å²) < 4.78 is 10.2. The van der Waals surface area contributed by atoms with Crippen LogP contribution in [-0.2, 0) is 14.3 Å². The molecule has 0 aromatic heterocycles. The first-order valence-corrected chi connectivity index (χ1v) is 6.20. The average Bonchev–Trinajstić information content (AvgIpc) is 2.29. The molecule has 0 aliphatic carbocycles. The summed E-state index contributed by atoms with van der Waals surface area (Å²) in [5.41, 5.74) is 0. The fourth-order valence-electron chi connectivity index (χ4n) is 1.55. The lowest BCUT2D eigenvalue weighted by molar-refractivity contribution is -0.139. The van der Waals surface area contributed by atoms with E-state index in [2.05, 4.69) is 26.0 Å². The van der Waals surface area contributed by atoms with Crippen LogP contribution in [0.1, 0.15) is 19.3 Å². The predicted octanol–water partition coefficient (Wildman–Crippen LogP) is 1.08. The quantitative estimate of drug-likeness (QED) is 0.605. The number of ether oxygens (including phenoxy) is 2. The molecule has 0 aromatic carbocycles. The lowest BCUT2D eigenvalue weighted by Crippen LogP contribution is -2.36. The van der Waals surface area contributed by atoms with E-state index in [1.807, 2.05) is 0 Å². The van der Waals surface area contributed by atoms with Crippen molar-refractivity contribution in [3.63, 3.8) is 0 Å². The minimum atomic E-state index is -0.272. The maximum Gasteiger partial charge on any atom is 0.320 e. The van der Waals surface area contributed by atoms with Gasteiger partial charge in [-0.1, -0.05) is 15.9 Å². The molecule has 0 bridgehead atoms. The Labute approximate surface area is 98.8 Å². The fourth-order valence-corrected chi connectivity index (χ4v) is 1.97. The third kappa shape index (κ3) is 4.95. The number of alkyl halides is 1. The molecule has 1 saturated heterocycles. The summed E-state index contributed by atoms with van der Waals surface area (Å²) in [6, 6.07) is 0. The summed E-state index contributed by atoms with van der Waals surface area (Å²) in [6.45, 7) is 2.24. The molecule has 0 amide bonds. The van der Waals surface area contributed by atoms with Gasteiger partial charge in [-0.25, -0.2) is 0 Å². The van der Waals surface area contributed by atoms with Gasteiger partial charge < -0.3 is 14.8 Å². The first kappa shape index (κ1) is 12.9. The Morgan fingerprint density at radius 2 is 2.47 bits per heavy atom. The van der Waals surface area contributed by atoms with Crippen molar-refractivity contribution in [2.45, 2.75) is 30.2 Å². The van der Waals surface area contributed by atoms with Crippen LogP contribution in [0.3, 0.4) is 0 Å². The van der Waals surface area contributed by atoms with Gasteiger partial charge in [-0.2, -0.15) is 0 Å². The van der Waals surface area contributed by atoms with Gasteiger partial charge in [0.15, 0.2) is 0 Å². The molecule has 1 heterocycles. The van der Waals surface area contributed by atoms with Crippen LogP contribution in [0.25, 0.3) is 0 Å². The van der Waals surface area contributed by atoms with Crippen molar-refractivity contribution in [3.8, 4) is 0 Å². The average molecular weight is 280 g/mol. The van der Waals surface area contributed by atoms with Crippen LogP contribution in [-0.4, -0.2) is 43.7 Å². The summed E-state index contributed by atoms with van der Waals surface area (Å²) in [6.07, 6.45) is 3.81. The lowest BCUT2D eigenvalue weighted by Gasteiger charge is -2.23. The van der Waals surface area contributed by atoms with Crippen LogP contribution in [0, 0.1) is 0 Å². The van der Waals surface area contributed by atoms with Crippen molar-refractivity contribution in [1.82, 2.24) is 5.32 Å². The van der Waals surface area contributed by atoms with E-state index in [4.69, 9.17) is 4.74 Å². The van der Waals surface area contributed by atoms with Crippen molar-refractivity contribution in [2.24, 2.45) is 0 Å².